The molecule has 0 aromatic carbocycles. The molecule has 0 radical (unpaired) electrons. The molecule has 0 atom stereocenters. The molecule has 78 valence electrons. The number of nitrogens with one attached hydrogen (secondary N) is 2. The Hall–Kier alpha value is -1.09. The van der Waals surface area contributed by atoms with E-state index in [4.69, 9.17) is 0 Å². The van der Waals surface area contributed by atoms with Gasteiger partial charge in [-0.25, -0.2) is 4.98 Å². The van der Waals surface area contributed by atoms with Crippen molar-refractivity contribution in [2.75, 3.05) is 12.4 Å². The summed E-state index contributed by atoms with van der Waals surface area (Å²) >= 11 is 0. The van der Waals surface area contributed by atoms with Gasteiger partial charge in [-0.05, 0) is 40.0 Å². The topological polar surface area (TPSA) is 37.0 Å². The molecule has 1 aromatic rings. The van der Waals surface area contributed by atoms with Crippen molar-refractivity contribution in [1.29, 1.82) is 0 Å². The summed E-state index contributed by atoms with van der Waals surface area (Å²) in [5.41, 5.74) is 1.12. The Bertz CT molecular complexity index is 289. The standard InChI is InChI=1S/C11H19N3/c1-11(2,3)14-10-7-5-6-9(13-10)8-12-4/h5-7,12H,8H2,1-4H3,(H,13,14). The summed E-state index contributed by atoms with van der Waals surface area (Å²) in [6.07, 6.45) is 0. The monoisotopic (exact) mass is 193 g/mol. The van der Waals surface area contributed by atoms with Crippen molar-refractivity contribution < 1.29 is 0 Å². The maximum Gasteiger partial charge on any atom is 0.126 e. The minimum Gasteiger partial charge on any atom is -0.365 e. The molecule has 1 heterocycles. The zero-order chi connectivity index (χ0) is 10.6. The first-order valence-electron chi connectivity index (χ1n) is 4.90. The van der Waals surface area contributed by atoms with Gasteiger partial charge in [-0.15, -0.1) is 0 Å². The fourth-order valence-corrected chi connectivity index (χ4v) is 1.21. The van der Waals surface area contributed by atoms with Gasteiger partial charge in [0.2, 0.25) is 0 Å². The molecule has 3 nitrogen and oxygen atoms in total. The quantitative estimate of drug-likeness (QED) is 0.771. The molecular weight excluding hydrogens is 174 g/mol. The lowest BCUT2D eigenvalue weighted by atomic mass is 10.1. The molecule has 1 aromatic heterocycles. The molecule has 0 amide bonds. The van der Waals surface area contributed by atoms with Gasteiger partial charge in [-0.1, -0.05) is 6.07 Å². The molecule has 0 aliphatic heterocycles. The summed E-state index contributed by atoms with van der Waals surface area (Å²) in [7, 11) is 1.92. The Morgan fingerprint density at radius 3 is 2.57 bits per heavy atom. The second-order valence-corrected chi connectivity index (χ2v) is 4.42. The number of anilines is 1. The van der Waals surface area contributed by atoms with E-state index in [1.54, 1.807) is 0 Å². The molecule has 3 heteroatoms. The molecule has 0 saturated heterocycles. The van der Waals surface area contributed by atoms with Crippen LogP contribution < -0.4 is 10.6 Å². The molecule has 0 spiro atoms. The lowest BCUT2D eigenvalue weighted by Crippen LogP contribution is -2.26. The number of hydrogen-bond acceptors (Lipinski definition) is 3. The van der Waals surface area contributed by atoms with Crippen LogP contribution in [-0.2, 0) is 6.54 Å². The van der Waals surface area contributed by atoms with Crippen LogP contribution in [0.3, 0.4) is 0 Å². The van der Waals surface area contributed by atoms with Crippen LogP contribution in [0, 0.1) is 0 Å². The van der Waals surface area contributed by atoms with E-state index in [0.717, 1.165) is 18.1 Å². The van der Waals surface area contributed by atoms with E-state index in [0.29, 0.717) is 0 Å². The zero-order valence-electron chi connectivity index (χ0n) is 9.39. The van der Waals surface area contributed by atoms with Gasteiger partial charge in [0.05, 0.1) is 5.69 Å². The Morgan fingerprint density at radius 2 is 2.00 bits per heavy atom. The predicted molar refractivity (Wildman–Crippen MR) is 60.4 cm³/mol. The summed E-state index contributed by atoms with van der Waals surface area (Å²) in [5, 5.41) is 6.42. The summed E-state index contributed by atoms with van der Waals surface area (Å²) in [4.78, 5) is 4.47. The van der Waals surface area contributed by atoms with E-state index in [1.807, 2.05) is 25.2 Å². The van der Waals surface area contributed by atoms with Crippen LogP contribution in [0.15, 0.2) is 18.2 Å². The van der Waals surface area contributed by atoms with E-state index in [-0.39, 0.29) is 5.54 Å². The summed E-state index contributed by atoms with van der Waals surface area (Å²) < 4.78 is 0. The molecule has 0 bridgehead atoms. The normalized spacial score (nSPS) is 11.4. The zero-order valence-corrected chi connectivity index (χ0v) is 9.39. The van der Waals surface area contributed by atoms with Crippen molar-refractivity contribution in [3.63, 3.8) is 0 Å². The average Bonchev–Trinajstić information content (AvgIpc) is 2.02. The maximum atomic E-state index is 4.47. The Morgan fingerprint density at radius 1 is 1.29 bits per heavy atom. The van der Waals surface area contributed by atoms with Crippen LogP contribution in [0.1, 0.15) is 26.5 Å². The van der Waals surface area contributed by atoms with Gasteiger partial charge in [0, 0.05) is 12.1 Å². The first-order chi connectivity index (χ1) is 6.51. The van der Waals surface area contributed by atoms with Gasteiger partial charge in [-0.2, -0.15) is 0 Å². The molecular formula is C11H19N3. The largest absolute Gasteiger partial charge is 0.365 e. The Balaban J connectivity index is 2.73. The van der Waals surface area contributed by atoms with Crippen LogP contribution in [-0.4, -0.2) is 17.6 Å². The highest BCUT2D eigenvalue weighted by Gasteiger charge is 2.09. The van der Waals surface area contributed by atoms with Crippen molar-refractivity contribution >= 4 is 5.82 Å². The third kappa shape index (κ3) is 3.75. The van der Waals surface area contributed by atoms with Gasteiger partial charge in [0.15, 0.2) is 0 Å². The van der Waals surface area contributed by atoms with Crippen LogP contribution in [0.25, 0.3) is 0 Å². The van der Waals surface area contributed by atoms with Gasteiger partial charge in [0.25, 0.3) is 0 Å². The van der Waals surface area contributed by atoms with Gasteiger partial charge in [0.1, 0.15) is 5.82 Å². The number of aromatic nitrogens is 1. The van der Waals surface area contributed by atoms with Crippen molar-refractivity contribution in [2.45, 2.75) is 32.9 Å². The average molecular weight is 193 g/mol. The number of nitrogens with zero attached hydrogens (tertiary/aromatic N) is 1. The second-order valence-electron chi connectivity index (χ2n) is 4.42. The highest BCUT2D eigenvalue weighted by molar-refractivity contribution is 5.37. The van der Waals surface area contributed by atoms with Crippen molar-refractivity contribution in [1.82, 2.24) is 10.3 Å². The van der Waals surface area contributed by atoms with E-state index in [2.05, 4.69) is 36.4 Å². The van der Waals surface area contributed by atoms with E-state index in [9.17, 15) is 0 Å². The smallest absolute Gasteiger partial charge is 0.126 e. The summed E-state index contributed by atoms with van der Waals surface area (Å²) in [6, 6.07) is 6.03. The lowest BCUT2D eigenvalue weighted by molar-refractivity contribution is 0.629. The van der Waals surface area contributed by atoms with Crippen molar-refractivity contribution in [3.8, 4) is 0 Å². The van der Waals surface area contributed by atoms with Crippen molar-refractivity contribution in [2.24, 2.45) is 0 Å². The van der Waals surface area contributed by atoms with Gasteiger partial charge in [-0.3, -0.25) is 0 Å². The van der Waals surface area contributed by atoms with Crippen LogP contribution in [0.2, 0.25) is 0 Å². The number of pyridine rings is 1. The fraction of sp³-hybridized carbons (Fsp3) is 0.545. The van der Waals surface area contributed by atoms with Crippen LogP contribution in [0.5, 0.6) is 0 Å². The molecule has 1 rings (SSSR count). The highest BCUT2D eigenvalue weighted by atomic mass is 15.0. The molecule has 14 heavy (non-hydrogen) atoms. The summed E-state index contributed by atoms with van der Waals surface area (Å²) in [6.45, 7) is 7.18. The van der Waals surface area contributed by atoms with Crippen LogP contribution >= 0.6 is 0 Å². The van der Waals surface area contributed by atoms with Crippen molar-refractivity contribution in [3.05, 3.63) is 23.9 Å². The Kier molecular flexibility index (Phi) is 3.47. The number of hydrogen-bond donors (Lipinski definition) is 2. The highest BCUT2D eigenvalue weighted by Crippen LogP contribution is 2.12. The third-order valence-electron chi connectivity index (χ3n) is 1.67. The minimum atomic E-state index is 0.0608. The molecule has 0 aliphatic carbocycles. The fourth-order valence-electron chi connectivity index (χ4n) is 1.21. The van der Waals surface area contributed by atoms with E-state index < -0.39 is 0 Å². The summed E-state index contributed by atoms with van der Waals surface area (Å²) in [5.74, 6) is 0.935. The lowest BCUT2D eigenvalue weighted by Gasteiger charge is -2.21. The molecule has 0 fully saturated rings. The first-order valence-corrected chi connectivity index (χ1v) is 4.90. The van der Waals surface area contributed by atoms with E-state index >= 15 is 0 Å². The molecule has 0 saturated carbocycles. The van der Waals surface area contributed by atoms with Gasteiger partial charge < -0.3 is 10.6 Å². The number of rotatable bonds is 3. The molecule has 0 aliphatic rings. The Labute approximate surface area is 85.9 Å². The van der Waals surface area contributed by atoms with E-state index in [1.165, 1.54) is 0 Å². The first kappa shape index (κ1) is 11.0. The second kappa shape index (κ2) is 4.42. The minimum absolute atomic E-state index is 0.0608. The third-order valence-corrected chi connectivity index (χ3v) is 1.67. The predicted octanol–water partition coefficient (Wildman–Crippen LogP) is 2.01. The SMILES string of the molecule is CNCc1cccc(NC(C)(C)C)n1. The maximum absolute atomic E-state index is 4.47. The van der Waals surface area contributed by atoms with Gasteiger partial charge >= 0.3 is 0 Å². The molecule has 0 unspecified atom stereocenters. The van der Waals surface area contributed by atoms with Crippen LogP contribution in [0.4, 0.5) is 5.82 Å². The molecule has 2 N–H and O–H groups in total.